The molecule has 0 saturated heterocycles. The number of aromatic nitrogens is 3. The van der Waals surface area contributed by atoms with Gasteiger partial charge in [-0.05, 0) is 59.9 Å². The van der Waals surface area contributed by atoms with Crippen molar-refractivity contribution in [3.63, 3.8) is 0 Å². The van der Waals surface area contributed by atoms with Crippen LogP contribution in [-0.2, 0) is 10.3 Å². The Morgan fingerprint density at radius 2 is 1.93 bits per heavy atom. The first-order chi connectivity index (χ1) is 13.0. The molecule has 1 saturated carbocycles. The van der Waals surface area contributed by atoms with Gasteiger partial charge in [0.15, 0.2) is 5.65 Å². The van der Waals surface area contributed by atoms with Crippen molar-refractivity contribution in [1.29, 1.82) is 0 Å². The fourth-order valence-electron chi connectivity index (χ4n) is 3.58. The van der Waals surface area contributed by atoms with Crippen LogP contribution in [0.4, 0.5) is 0 Å². The molecule has 0 aromatic carbocycles. The minimum atomic E-state index is -1.31. The minimum Gasteiger partial charge on any atom is -0.480 e. The summed E-state index contributed by atoms with van der Waals surface area (Å²) in [5, 5.41) is 17.8. The van der Waals surface area contributed by atoms with E-state index in [-0.39, 0.29) is 11.4 Å². The summed E-state index contributed by atoms with van der Waals surface area (Å²) in [6.45, 7) is 11.5. The molecule has 1 aliphatic carbocycles. The van der Waals surface area contributed by atoms with Crippen molar-refractivity contribution in [2.24, 2.45) is 0 Å². The van der Waals surface area contributed by atoms with Crippen LogP contribution in [0.1, 0.15) is 88.0 Å². The van der Waals surface area contributed by atoms with Gasteiger partial charge in [0.25, 0.3) is 5.91 Å². The van der Waals surface area contributed by atoms with E-state index in [1.807, 2.05) is 45.4 Å². The first kappa shape index (κ1) is 20.3. The summed E-state index contributed by atoms with van der Waals surface area (Å²) in [5.41, 5.74) is 1.16. The lowest BCUT2D eigenvalue weighted by molar-refractivity contribution is -0.144. The molecule has 7 heteroatoms. The number of aliphatic carboxylic acids is 1. The van der Waals surface area contributed by atoms with Crippen LogP contribution in [0.3, 0.4) is 0 Å². The lowest BCUT2D eigenvalue weighted by Gasteiger charge is -2.26. The molecular weight excluding hydrogens is 356 g/mol. The zero-order valence-electron chi connectivity index (χ0n) is 17.6. The zero-order valence-corrected chi connectivity index (χ0v) is 17.6. The maximum absolute atomic E-state index is 13.2. The molecule has 1 amide bonds. The van der Waals surface area contributed by atoms with E-state index in [2.05, 4.69) is 10.4 Å². The minimum absolute atomic E-state index is 0.285. The molecule has 0 aliphatic heterocycles. The van der Waals surface area contributed by atoms with Gasteiger partial charge < -0.3 is 10.4 Å². The van der Waals surface area contributed by atoms with Crippen LogP contribution in [0.25, 0.3) is 11.0 Å². The normalized spacial score (nSPS) is 16.8. The topological polar surface area (TPSA) is 97.1 Å². The number of fused-ring (bicyclic) bond motifs is 1. The second-order valence-corrected chi connectivity index (χ2v) is 9.08. The highest BCUT2D eigenvalue weighted by atomic mass is 16.4. The summed E-state index contributed by atoms with van der Waals surface area (Å²) in [7, 11) is 0. The molecule has 2 N–H and O–H groups in total. The van der Waals surface area contributed by atoms with Crippen LogP contribution in [0.15, 0.2) is 6.07 Å². The van der Waals surface area contributed by atoms with Gasteiger partial charge in [-0.3, -0.25) is 4.79 Å². The quantitative estimate of drug-likeness (QED) is 0.788. The van der Waals surface area contributed by atoms with E-state index in [9.17, 15) is 14.7 Å². The zero-order chi connectivity index (χ0) is 20.9. The standard InChI is InChI=1S/C21H30N4O3/c1-7-10-21(6,19(27)28)23-18(26)14-11-15(13-8-9-13)22-17-16(14)12(2)24-25(17)20(3,4)5/h11,13H,7-10H2,1-6H3,(H,23,26)(H,27,28). The smallest absolute Gasteiger partial charge is 0.329 e. The summed E-state index contributed by atoms with van der Waals surface area (Å²) < 4.78 is 1.86. The summed E-state index contributed by atoms with van der Waals surface area (Å²) in [4.78, 5) is 29.8. The van der Waals surface area contributed by atoms with Crippen LogP contribution in [0, 0.1) is 6.92 Å². The van der Waals surface area contributed by atoms with Crippen molar-refractivity contribution in [2.45, 2.75) is 84.2 Å². The Morgan fingerprint density at radius 1 is 1.29 bits per heavy atom. The van der Waals surface area contributed by atoms with Gasteiger partial charge in [0, 0.05) is 11.6 Å². The molecule has 3 rings (SSSR count). The van der Waals surface area contributed by atoms with Gasteiger partial charge in [-0.25, -0.2) is 14.5 Å². The summed E-state index contributed by atoms with van der Waals surface area (Å²) in [6.07, 6.45) is 3.14. The van der Waals surface area contributed by atoms with Gasteiger partial charge in [0.05, 0.1) is 22.2 Å². The third-order valence-electron chi connectivity index (χ3n) is 5.32. The summed E-state index contributed by atoms with van der Waals surface area (Å²) in [5.74, 6) is -1.05. The molecule has 1 aliphatic rings. The Labute approximate surface area is 165 Å². The largest absolute Gasteiger partial charge is 0.480 e. The highest BCUT2D eigenvalue weighted by molar-refractivity contribution is 6.08. The third-order valence-corrected chi connectivity index (χ3v) is 5.32. The first-order valence-corrected chi connectivity index (χ1v) is 9.94. The maximum atomic E-state index is 13.2. The first-order valence-electron chi connectivity index (χ1n) is 9.94. The third kappa shape index (κ3) is 3.62. The molecule has 7 nitrogen and oxygen atoms in total. The number of carboxylic acid groups (broad SMARTS) is 1. The number of pyridine rings is 1. The molecule has 0 bridgehead atoms. The van der Waals surface area contributed by atoms with Crippen LogP contribution < -0.4 is 5.32 Å². The fraction of sp³-hybridized carbons (Fsp3) is 0.619. The van der Waals surface area contributed by atoms with Gasteiger partial charge in [-0.15, -0.1) is 0 Å². The highest BCUT2D eigenvalue weighted by Crippen LogP contribution is 2.41. The number of nitrogens with zero attached hydrogens (tertiary/aromatic N) is 3. The van der Waals surface area contributed by atoms with Gasteiger partial charge >= 0.3 is 5.97 Å². The molecule has 0 radical (unpaired) electrons. The average molecular weight is 386 g/mol. The molecule has 1 atom stereocenters. The Hall–Kier alpha value is -2.44. The number of carboxylic acids is 1. The molecule has 0 spiro atoms. The van der Waals surface area contributed by atoms with E-state index in [1.54, 1.807) is 6.92 Å². The fourth-order valence-corrected chi connectivity index (χ4v) is 3.58. The lowest BCUT2D eigenvalue weighted by atomic mass is 9.95. The van der Waals surface area contributed by atoms with E-state index in [0.717, 1.165) is 24.2 Å². The van der Waals surface area contributed by atoms with Crippen LogP contribution in [-0.4, -0.2) is 37.3 Å². The molecule has 1 unspecified atom stereocenters. The van der Waals surface area contributed by atoms with Crippen molar-refractivity contribution >= 4 is 22.9 Å². The Kier molecular flexibility index (Phi) is 4.98. The van der Waals surface area contributed by atoms with Gasteiger partial charge in [-0.2, -0.15) is 5.10 Å². The monoisotopic (exact) mass is 386 g/mol. The highest BCUT2D eigenvalue weighted by Gasteiger charge is 2.36. The molecule has 2 heterocycles. The predicted molar refractivity (Wildman–Crippen MR) is 108 cm³/mol. The number of amides is 1. The Bertz CT molecular complexity index is 937. The molecule has 1 fully saturated rings. The SMILES string of the molecule is CCCC(C)(NC(=O)c1cc(C2CC2)nc2c1c(C)nn2C(C)(C)C)C(=O)O. The van der Waals surface area contributed by atoms with E-state index in [4.69, 9.17) is 4.98 Å². The second kappa shape index (κ2) is 6.87. The molecule has 2 aromatic rings. The number of aryl methyl sites for hydroxylation is 1. The van der Waals surface area contributed by atoms with E-state index >= 15 is 0 Å². The van der Waals surface area contributed by atoms with Crippen molar-refractivity contribution < 1.29 is 14.7 Å². The van der Waals surface area contributed by atoms with Crippen molar-refractivity contribution in [2.75, 3.05) is 0 Å². The van der Waals surface area contributed by atoms with Crippen molar-refractivity contribution in [3.8, 4) is 0 Å². The van der Waals surface area contributed by atoms with Gasteiger partial charge in [0.1, 0.15) is 5.54 Å². The number of nitrogens with one attached hydrogen (secondary N) is 1. The molecular formula is C21H30N4O3. The van der Waals surface area contributed by atoms with Gasteiger partial charge in [-0.1, -0.05) is 13.3 Å². The second-order valence-electron chi connectivity index (χ2n) is 9.08. The number of hydrogen-bond acceptors (Lipinski definition) is 4. The van der Waals surface area contributed by atoms with Crippen molar-refractivity contribution in [3.05, 3.63) is 23.0 Å². The maximum Gasteiger partial charge on any atom is 0.329 e. The number of hydrogen-bond donors (Lipinski definition) is 2. The molecule has 28 heavy (non-hydrogen) atoms. The van der Waals surface area contributed by atoms with Crippen LogP contribution >= 0.6 is 0 Å². The lowest BCUT2D eigenvalue weighted by Crippen LogP contribution is -2.52. The summed E-state index contributed by atoms with van der Waals surface area (Å²) in [6, 6.07) is 1.82. The van der Waals surface area contributed by atoms with E-state index in [0.29, 0.717) is 35.4 Å². The number of carbonyl (C=O) groups excluding carboxylic acids is 1. The predicted octanol–water partition coefficient (Wildman–Crippen LogP) is 3.75. The van der Waals surface area contributed by atoms with Crippen molar-refractivity contribution in [1.82, 2.24) is 20.1 Å². The van der Waals surface area contributed by atoms with Gasteiger partial charge in [0.2, 0.25) is 0 Å². The molecule has 2 aromatic heterocycles. The average Bonchev–Trinajstić information content (AvgIpc) is 3.37. The number of carbonyl (C=O) groups is 2. The van der Waals surface area contributed by atoms with Crippen LogP contribution in [0.2, 0.25) is 0 Å². The number of rotatable bonds is 6. The van der Waals surface area contributed by atoms with E-state index in [1.165, 1.54) is 0 Å². The summed E-state index contributed by atoms with van der Waals surface area (Å²) >= 11 is 0. The Morgan fingerprint density at radius 3 is 2.43 bits per heavy atom. The van der Waals surface area contributed by atoms with Crippen LogP contribution in [0.5, 0.6) is 0 Å². The molecule has 152 valence electrons. The van der Waals surface area contributed by atoms with E-state index < -0.39 is 11.5 Å². The Balaban J connectivity index is 2.15.